The van der Waals surface area contributed by atoms with E-state index in [0.29, 0.717) is 12.1 Å². The lowest BCUT2D eigenvalue weighted by molar-refractivity contribution is 0.317. The second kappa shape index (κ2) is 8.15. The fourth-order valence-electron chi connectivity index (χ4n) is 2.99. The Balaban J connectivity index is 1.96. The van der Waals surface area contributed by atoms with Gasteiger partial charge in [-0.3, -0.25) is 0 Å². The number of nitrogens with zero attached hydrogens (tertiary/aromatic N) is 1. The number of hydrogen-bond acceptors (Lipinski definition) is 3. The monoisotopic (exact) mass is 331 g/mol. The predicted octanol–water partition coefficient (Wildman–Crippen LogP) is 5.10. The lowest BCUT2D eigenvalue weighted by Crippen LogP contribution is -2.10. The first-order valence-corrected chi connectivity index (χ1v) is 8.27. The minimum absolute atomic E-state index is 0.0956. The van der Waals surface area contributed by atoms with Crippen LogP contribution in [0.15, 0.2) is 90.1 Å². The van der Waals surface area contributed by atoms with Crippen LogP contribution in [0.4, 0.5) is 0 Å². The van der Waals surface area contributed by atoms with Crippen LogP contribution in [0.25, 0.3) is 0 Å². The van der Waals surface area contributed by atoms with Crippen molar-refractivity contribution in [3.63, 3.8) is 0 Å². The van der Waals surface area contributed by atoms with E-state index >= 15 is 0 Å². The first-order chi connectivity index (χ1) is 12.3. The van der Waals surface area contributed by atoms with E-state index in [-0.39, 0.29) is 5.92 Å². The molecule has 1 unspecified atom stereocenters. The van der Waals surface area contributed by atoms with Gasteiger partial charge in [0.05, 0.1) is 12.8 Å². The van der Waals surface area contributed by atoms with Crippen LogP contribution in [0.3, 0.4) is 0 Å². The molecule has 3 heteroatoms. The Morgan fingerprint density at radius 2 is 1.40 bits per heavy atom. The molecule has 0 heterocycles. The van der Waals surface area contributed by atoms with Crippen LogP contribution in [0.2, 0.25) is 0 Å². The molecule has 1 atom stereocenters. The van der Waals surface area contributed by atoms with Gasteiger partial charge in [0.2, 0.25) is 0 Å². The van der Waals surface area contributed by atoms with E-state index in [1.54, 1.807) is 7.11 Å². The van der Waals surface area contributed by atoms with Crippen molar-refractivity contribution in [3.05, 3.63) is 102 Å². The summed E-state index contributed by atoms with van der Waals surface area (Å²) >= 11 is 0. The van der Waals surface area contributed by atoms with Gasteiger partial charge in [-0.05, 0) is 28.8 Å². The second-order valence-electron chi connectivity index (χ2n) is 5.85. The molecule has 0 saturated heterocycles. The first-order valence-electron chi connectivity index (χ1n) is 8.27. The van der Waals surface area contributed by atoms with Gasteiger partial charge in [-0.2, -0.15) is 0 Å². The van der Waals surface area contributed by atoms with E-state index in [1.807, 2.05) is 60.7 Å². The Morgan fingerprint density at radius 1 is 0.840 bits per heavy atom. The summed E-state index contributed by atoms with van der Waals surface area (Å²) in [7, 11) is 1.66. The normalized spacial score (nSPS) is 12.6. The molecule has 25 heavy (non-hydrogen) atoms. The van der Waals surface area contributed by atoms with Crippen molar-refractivity contribution >= 4 is 5.71 Å². The van der Waals surface area contributed by atoms with Crippen molar-refractivity contribution in [1.82, 2.24) is 0 Å². The summed E-state index contributed by atoms with van der Waals surface area (Å²) in [4.78, 5) is 0. The highest BCUT2D eigenvalue weighted by molar-refractivity contribution is 6.00. The van der Waals surface area contributed by atoms with E-state index in [9.17, 15) is 5.21 Å². The average Bonchev–Trinajstić information content (AvgIpc) is 2.70. The molecule has 126 valence electrons. The average molecular weight is 331 g/mol. The molecule has 0 spiro atoms. The molecule has 3 nitrogen and oxygen atoms in total. The topological polar surface area (TPSA) is 41.8 Å². The lowest BCUT2D eigenvalue weighted by atomic mass is 9.85. The summed E-state index contributed by atoms with van der Waals surface area (Å²) in [6.07, 6.45) is 0.608. The van der Waals surface area contributed by atoms with E-state index in [0.717, 1.165) is 16.9 Å². The molecule has 0 bridgehead atoms. The van der Waals surface area contributed by atoms with Gasteiger partial charge >= 0.3 is 0 Å². The van der Waals surface area contributed by atoms with Gasteiger partial charge in [0.25, 0.3) is 0 Å². The highest BCUT2D eigenvalue weighted by Crippen LogP contribution is 2.30. The SMILES string of the molecule is COc1ccc(C(C/C(=N\O)c2ccccc2)c2ccccc2)cc1. The Bertz CT molecular complexity index is 812. The lowest BCUT2D eigenvalue weighted by Gasteiger charge is -2.19. The van der Waals surface area contributed by atoms with Crippen LogP contribution in [0, 0.1) is 0 Å². The van der Waals surface area contributed by atoms with Crippen molar-refractivity contribution < 1.29 is 9.94 Å². The van der Waals surface area contributed by atoms with Crippen molar-refractivity contribution in [3.8, 4) is 5.75 Å². The molecule has 0 aliphatic carbocycles. The molecule has 0 aliphatic heterocycles. The zero-order valence-electron chi connectivity index (χ0n) is 14.2. The smallest absolute Gasteiger partial charge is 0.118 e. The Kier molecular flexibility index (Phi) is 5.47. The Morgan fingerprint density at radius 3 is 1.96 bits per heavy atom. The zero-order chi connectivity index (χ0) is 17.5. The summed E-state index contributed by atoms with van der Waals surface area (Å²) < 4.78 is 5.26. The highest BCUT2D eigenvalue weighted by Gasteiger charge is 2.18. The summed E-state index contributed by atoms with van der Waals surface area (Å²) in [6, 6.07) is 28.1. The molecule has 0 radical (unpaired) electrons. The van der Waals surface area contributed by atoms with Gasteiger partial charge in [-0.25, -0.2) is 0 Å². The summed E-state index contributed by atoms with van der Waals surface area (Å²) in [5.74, 6) is 0.924. The van der Waals surface area contributed by atoms with Crippen LogP contribution in [0.5, 0.6) is 5.75 Å². The van der Waals surface area contributed by atoms with Crippen LogP contribution in [-0.2, 0) is 0 Å². The number of rotatable bonds is 6. The number of oxime groups is 1. The van der Waals surface area contributed by atoms with Gasteiger partial charge in [-0.15, -0.1) is 0 Å². The van der Waals surface area contributed by atoms with Crippen LogP contribution in [0.1, 0.15) is 29.0 Å². The van der Waals surface area contributed by atoms with Gasteiger partial charge in [0, 0.05) is 12.3 Å². The third kappa shape index (κ3) is 4.07. The van der Waals surface area contributed by atoms with Crippen molar-refractivity contribution in [2.45, 2.75) is 12.3 Å². The number of methoxy groups -OCH3 is 1. The van der Waals surface area contributed by atoms with E-state index in [1.165, 1.54) is 5.56 Å². The van der Waals surface area contributed by atoms with Gasteiger partial charge in [0.15, 0.2) is 0 Å². The Hall–Kier alpha value is -3.07. The zero-order valence-corrected chi connectivity index (χ0v) is 14.2. The standard InChI is InChI=1S/C22H21NO2/c1-25-20-14-12-18(13-15-20)21(17-8-4-2-5-9-17)16-22(23-24)19-10-6-3-7-11-19/h2-15,21,24H,16H2,1H3/b23-22+. The van der Waals surface area contributed by atoms with E-state index in [4.69, 9.17) is 4.74 Å². The maximum atomic E-state index is 9.57. The largest absolute Gasteiger partial charge is 0.497 e. The molecule has 0 aliphatic rings. The Labute approximate surface area is 148 Å². The molecular formula is C22H21NO2. The third-order valence-corrected chi connectivity index (χ3v) is 4.35. The van der Waals surface area contributed by atoms with Crippen LogP contribution < -0.4 is 4.74 Å². The molecule has 0 aromatic heterocycles. The van der Waals surface area contributed by atoms with Crippen LogP contribution in [-0.4, -0.2) is 18.0 Å². The fourth-order valence-corrected chi connectivity index (χ4v) is 2.99. The molecule has 3 rings (SSSR count). The second-order valence-corrected chi connectivity index (χ2v) is 5.85. The van der Waals surface area contributed by atoms with E-state index < -0.39 is 0 Å². The third-order valence-electron chi connectivity index (χ3n) is 4.35. The quantitative estimate of drug-likeness (QED) is 0.388. The van der Waals surface area contributed by atoms with E-state index in [2.05, 4.69) is 29.4 Å². The molecular weight excluding hydrogens is 310 g/mol. The van der Waals surface area contributed by atoms with Crippen molar-refractivity contribution in [2.24, 2.45) is 5.16 Å². The summed E-state index contributed by atoms with van der Waals surface area (Å²) in [5, 5.41) is 13.1. The number of ether oxygens (including phenoxy) is 1. The molecule has 1 N–H and O–H groups in total. The molecule has 0 fully saturated rings. The first kappa shape index (κ1) is 16.8. The summed E-state index contributed by atoms with van der Waals surface area (Å²) in [5.41, 5.74) is 3.94. The molecule has 3 aromatic rings. The predicted molar refractivity (Wildman–Crippen MR) is 101 cm³/mol. The van der Waals surface area contributed by atoms with Gasteiger partial charge in [-0.1, -0.05) is 78.0 Å². The van der Waals surface area contributed by atoms with Gasteiger partial charge in [0.1, 0.15) is 5.75 Å². The number of hydrogen-bond donors (Lipinski definition) is 1. The van der Waals surface area contributed by atoms with Crippen LogP contribution >= 0.6 is 0 Å². The molecule has 0 saturated carbocycles. The number of benzene rings is 3. The fraction of sp³-hybridized carbons (Fsp3) is 0.136. The molecule has 3 aromatic carbocycles. The van der Waals surface area contributed by atoms with Gasteiger partial charge < -0.3 is 9.94 Å². The molecule has 0 amide bonds. The maximum absolute atomic E-state index is 9.57. The van der Waals surface area contributed by atoms with Crippen molar-refractivity contribution in [2.75, 3.05) is 7.11 Å². The minimum atomic E-state index is 0.0956. The maximum Gasteiger partial charge on any atom is 0.118 e. The summed E-state index contributed by atoms with van der Waals surface area (Å²) in [6.45, 7) is 0. The van der Waals surface area contributed by atoms with Crippen molar-refractivity contribution in [1.29, 1.82) is 0 Å². The minimum Gasteiger partial charge on any atom is -0.497 e. The highest BCUT2D eigenvalue weighted by atomic mass is 16.5.